The van der Waals surface area contributed by atoms with E-state index < -0.39 is 54.6 Å². The molecule has 1 aliphatic heterocycles. The van der Waals surface area contributed by atoms with Crippen molar-refractivity contribution in [3.8, 4) is 0 Å². The molecule has 2 aromatic heterocycles. The van der Waals surface area contributed by atoms with E-state index in [4.69, 9.17) is 9.15 Å². The van der Waals surface area contributed by atoms with Crippen LogP contribution in [0.1, 0.15) is 78.7 Å². The Hall–Kier alpha value is -3.82. The number of aromatic nitrogens is 4. The fourth-order valence-electron chi connectivity index (χ4n) is 5.82. The minimum Gasteiger partial charge on any atom is -0.438 e. The first-order valence-corrected chi connectivity index (χ1v) is 14.0. The van der Waals surface area contributed by atoms with Crippen LogP contribution >= 0.6 is 0 Å². The molecule has 16 heteroatoms. The molecule has 3 aromatic rings. The molecule has 0 bridgehead atoms. The van der Waals surface area contributed by atoms with Gasteiger partial charge in [0.2, 0.25) is 17.6 Å². The van der Waals surface area contributed by atoms with E-state index in [9.17, 15) is 31.5 Å². The van der Waals surface area contributed by atoms with Gasteiger partial charge in [-0.25, -0.2) is 28.2 Å². The Morgan fingerprint density at radius 2 is 1.98 bits per heavy atom. The molecule has 3 atom stereocenters. The highest BCUT2D eigenvalue weighted by Gasteiger charge is 2.48. The average Bonchev–Trinajstić information content (AvgIpc) is 3.33. The van der Waals surface area contributed by atoms with Crippen LogP contribution in [0.5, 0.6) is 0 Å². The van der Waals surface area contributed by atoms with Gasteiger partial charge in [-0.05, 0) is 49.3 Å². The molecule has 2 saturated carbocycles. The highest BCUT2D eigenvalue weighted by Crippen LogP contribution is 2.42. The molecule has 0 spiro atoms. The third-order valence-corrected chi connectivity index (χ3v) is 8.30. The van der Waals surface area contributed by atoms with Gasteiger partial charge in [-0.15, -0.1) is 0 Å². The molecule has 3 fully saturated rings. The average molecular weight is 612 g/mol. The van der Waals surface area contributed by atoms with Gasteiger partial charge in [0.05, 0.1) is 25.2 Å². The van der Waals surface area contributed by atoms with Crippen molar-refractivity contribution in [2.24, 2.45) is 5.92 Å². The molecule has 0 radical (unpaired) electrons. The number of ether oxygens (including phenoxy) is 1. The Kier molecular flexibility index (Phi) is 7.50. The first-order valence-electron chi connectivity index (χ1n) is 14.0. The topological polar surface area (TPSA) is 127 Å². The number of halogens is 5. The van der Waals surface area contributed by atoms with Crippen LogP contribution in [0.15, 0.2) is 28.9 Å². The van der Waals surface area contributed by atoms with Crippen molar-refractivity contribution in [1.82, 2.24) is 35.3 Å². The maximum absolute atomic E-state index is 14.0. The number of fused-ring (bicyclic) bond motifs is 1. The lowest BCUT2D eigenvalue weighted by molar-refractivity contribution is -0.150. The number of hydrogen-bond donors (Lipinski definition) is 2. The second-order valence-electron chi connectivity index (χ2n) is 11.4. The zero-order valence-corrected chi connectivity index (χ0v) is 23.1. The number of methoxy groups -OCH3 is 1. The molecule has 2 aliphatic carbocycles. The number of nitrogens with zero attached hydrogens (tertiary/aromatic N) is 5. The zero-order valence-electron chi connectivity index (χ0n) is 23.1. The summed E-state index contributed by atoms with van der Waals surface area (Å²) in [5, 5.41) is 9.00. The van der Waals surface area contributed by atoms with Gasteiger partial charge in [-0.2, -0.15) is 18.3 Å². The molecule has 11 nitrogen and oxygen atoms in total. The summed E-state index contributed by atoms with van der Waals surface area (Å²) in [6, 6.07) is 0.237. The summed E-state index contributed by atoms with van der Waals surface area (Å²) in [6.07, 6.45) is -2.02. The van der Waals surface area contributed by atoms with Gasteiger partial charge in [0.1, 0.15) is 23.9 Å². The van der Waals surface area contributed by atoms with Crippen molar-refractivity contribution in [3.05, 3.63) is 41.8 Å². The second kappa shape index (κ2) is 11.0. The minimum atomic E-state index is -4.61. The molecular formula is C27H30F5N7O4. The maximum atomic E-state index is 14.0. The van der Waals surface area contributed by atoms with Gasteiger partial charge in [0.25, 0.3) is 5.91 Å². The smallest absolute Gasteiger partial charge is 0.410 e. The Morgan fingerprint density at radius 1 is 1.23 bits per heavy atom. The lowest BCUT2D eigenvalue weighted by atomic mass is 9.82. The molecular weight excluding hydrogens is 581 g/mol. The lowest BCUT2D eigenvalue weighted by Crippen LogP contribution is -2.40. The van der Waals surface area contributed by atoms with Crippen molar-refractivity contribution in [2.45, 2.75) is 74.8 Å². The largest absolute Gasteiger partial charge is 0.438 e. The molecule has 2 N–H and O–H groups in total. The summed E-state index contributed by atoms with van der Waals surface area (Å²) in [4.78, 5) is 35.6. The molecule has 6 rings (SSSR count). The van der Waals surface area contributed by atoms with Crippen molar-refractivity contribution in [3.63, 3.8) is 0 Å². The van der Waals surface area contributed by atoms with E-state index in [0.717, 1.165) is 17.7 Å². The Labute approximate surface area is 242 Å². The highest BCUT2D eigenvalue weighted by molar-refractivity contribution is 5.91. The second-order valence-corrected chi connectivity index (χ2v) is 11.4. The van der Waals surface area contributed by atoms with Crippen LogP contribution < -0.4 is 10.6 Å². The van der Waals surface area contributed by atoms with Crippen LogP contribution in [0.3, 0.4) is 0 Å². The summed E-state index contributed by atoms with van der Waals surface area (Å²) in [5.41, 5.74) is 1.10. The predicted octanol–water partition coefficient (Wildman–Crippen LogP) is 4.69. The van der Waals surface area contributed by atoms with E-state index in [0.29, 0.717) is 16.7 Å². The molecule has 43 heavy (non-hydrogen) atoms. The fraction of sp³-hybridized carbons (Fsp3) is 0.593. The number of carbonyl (C=O) groups is 2. The van der Waals surface area contributed by atoms with Gasteiger partial charge in [-0.1, -0.05) is 6.07 Å². The van der Waals surface area contributed by atoms with Crippen molar-refractivity contribution < 1.29 is 40.7 Å². The predicted molar refractivity (Wildman–Crippen MR) is 139 cm³/mol. The third kappa shape index (κ3) is 6.01. The van der Waals surface area contributed by atoms with Crippen molar-refractivity contribution >= 4 is 23.0 Å². The van der Waals surface area contributed by atoms with Crippen LogP contribution in [0.2, 0.25) is 0 Å². The fourth-order valence-corrected chi connectivity index (χ4v) is 5.82. The Balaban J connectivity index is 1.29. The molecule has 3 aliphatic rings. The van der Waals surface area contributed by atoms with Gasteiger partial charge in [0.15, 0.2) is 5.58 Å². The summed E-state index contributed by atoms with van der Waals surface area (Å²) in [7, 11) is 1.37. The van der Waals surface area contributed by atoms with Gasteiger partial charge in [0, 0.05) is 20.0 Å². The number of hydrogen-bond acceptors (Lipinski definition) is 7. The quantitative estimate of drug-likeness (QED) is 0.336. The number of rotatable bonds is 9. The van der Waals surface area contributed by atoms with E-state index in [1.807, 2.05) is 5.32 Å². The van der Waals surface area contributed by atoms with Gasteiger partial charge in [-0.3, -0.25) is 4.79 Å². The number of oxazole rings is 1. The number of carbonyl (C=O) groups excluding carboxylic acids is 2. The Morgan fingerprint density at radius 3 is 2.63 bits per heavy atom. The number of amides is 3. The van der Waals surface area contributed by atoms with E-state index in [-0.39, 0.29) is 50.0 Å². The van der Waals surface area contributed by atoms with Crippen LogP contribution in [0.25, 0.3) is 11.1 Å². The number of urea groups is 1. The maximum Gasteiger partial charge on any atom is 0.410 e. The summed E-state index contributed by atoms with van der Waals surface area (Å²) in [5.74, 6) is -3.52. The van der Waals surface area contributed by atoms with E-state index in [1.165, 1.54) is 13.4 Å². The number of benzene rings is 1. The summed E-state index contributed by atoms with van der Waals surface area (Å²) < 4.78 is 80.8. The number of nitrogens with one attached hydrogen (secondary N) is 2. The standard InChI is InChI=1S/C27H30F5N7O4/c1-42-12-18(38-11-20(27(30,31)32)36-25(38)41)15-2-5-19-17(10-15)35-24(43-19)21(14-6-8-26(28,29)9-7-14)37-23(40)22-33-13-34-39(22)16-3-4-16/h2,5,10,13-14,16,18,20-21H,3-4,6-9,11-12H2,1H3,(H,36,41)(H,37,40)/t18-,20+,21+/m1/s1. The molecule has 3 amide bonds. The van der Waals surface area contributed by atoms with E-state index >= 15 is 0 Å². The highest BCUT2D eigenvalue weighted by atomic mass is 19.4. The van der Waals surface area contributed by atoms with Crippen LogP contribution in [0, 0.1) is 5.92 Å². The van der Waals surface area contributed by atoms with Crippen molar-refractivity contribution in [2.75, 3.05) is 20.3 Å². The summed E-state index contributed by atoms with van der Waals surface area (Å²) >= 11 is 0. The first-order chi connectivity index (χ1) is 20.4. The number of alkyl halides is 5. The van der Waals surface area contributed by atoms with Crippen LogP contribution in [-0.4, -0.2) is 75.0 Å². The van der Waals surface area contributed by atoms with Crippen LogP contribution in [-0.2, 0) is 4.74 Å². The zero-order chi connectivity index (χ0) is 30.5. The van der Waals surface area contributed by atoms with Crippen molar-refractivity contribution in [1.29, 1.82) is 0 Å². The van der Waals surface area contributed by atoms with E-state index in [2.05, 4.69) is 20.4 Å². The van der Waals surface area contributed by atoms with Crippen LogP contribution in [0.4, 0.5) is 26.7 Å². The third-order valence-electron chi connectivity index (χ3n) is 8.30. The molecule has 3 heterocycles. The first kappa shape index (κ1) is 29.3. The lowest BCUT2D eigenvalue weighted by Gasteiger charge is -2.32. The summed E-state index contributed by atoms with van der Waals surface area (Å²) in [6.45, 7) is -0.671. The Bertz CT molecular complexity index is 1490. The molecule has 232 valence electrons. The minimum absolute atomic E-state index is 0.0785. The van der Waals surface area contributed by atoms with E-state index in [1.54, 1.807) is 22.9 Å². The van der Waals surface area contributed by atoms with Gasteiger partial charge >= 0.3 is 12.2 Å². The monoisotopic (exact) mass is 611 g/mol. The normalized spacial score (nSPS) is 22.5. The molecule has 0 unspecified atom stereocenters. The molecule has 1 aromatic carbocycles. The van der Waals surface area contributed by atoms with Gasteiger partial charge < -0.3 is 24.7 Å². The SMILES string of the molecule is COC[C@H](c1ccc2oc([C@@H](NC(=O)c3ncnn3C3CC3)C3CCC(F)(F)CC3)nc2c1)N1C[C@@H](C(F)(F)F)NC1=O. The molecule has 1 saturated heterocycles.